The molecule has 2 aliphatic rings. The lowest BCUT2D eigenvalue weighted by Gasteiger charge is -2.40. The summed E-state index contributed by atoms with van der Waals surface area (Å²) in [5.74, 6) is 0.949. The molecule has 2 aliphatic heterocycles. The SMILES string of the molecule is CCC1C=CCN1C1CCN(c2cccc(OC)c2)CC1. The van der Waals surface area contributed by atoms with Crippen molar-refractivity contribution in [2.75, 3.05) is 31.6 Å². The van der Waals surface area contributed by atoms with E-state index in [0.717, 1.165) is 31.4 Å². The molecule has 0 spiro atoms. The molecule has 1 atom stereocenters. The minimum absolute atomic E-state index is 0.665. The van der Waals surface area contributed by atoms with Crippen LogP contribution in [0.3, 0.4) is 0 Å². The Morgan fingerprint density at radius 2 is 2.05 bits per heavy atom. The van der Waals surface area contributed by atoms with Crippen molar-refractivity contribution in [3.05, 3.63) is 36.4 Å². The number of benzene rings is 1. The second-order valence-corrected chi connectivity index (χ2v) is 6.02. The summed E-state index contributed by atoms with van der Waals surface area (Å²) >= 11 is 0. The van der Waals surface area contributed by atoms with Crippen LogP contribution in [0.4, 0.5) is 5.69 Å². The zero-order chi connectivity index (χ0) is 14.7. The summed E-state index contributed by atoms with van der Waals surface area (Å²) in [6.07, 6.45) is 8.47. The number of hydrogen-bond acceptors (Lipinski definition) is 3. The predicted molar refractivity (Wildman–Crippen MR) is 88.2 cm³/mol. The molecule has 1 aromatic rings. The Balaban J connectivity index is 1.60. The number of piperidine rings is 1. The van der Waals surface area contributed by atoms with Crippen LogP contribution in [0, 0.1) is 0 Å². The summed E-state index contributed by atoms with van der Waals surface area (Å²) in [5.41, 5.74) is 1.29. The van der Waals surface area contributed by atoms with Gasteiger partial charge in [0, 0.05) is 43.5 Å². The molecule has 1 aromatic carbocycles. The predicted octanol–water partition coefficient (Wildman–Crippen LogP) is 3.31. The van der Waals surface area contributed by atoms with Gasteiger partial charge in [-0.15, -0.1) is 0 Å². The van der Waals surface area contributed by atoms with E-state index in [1.165, 1.54) is 24.9 Å². The standard InChI is InChI=1S/C18H26N2O/c1-3-15-7-5-11-20(15)16-9-12-19(13-10-16)17-6-4-8-18(14-17)21-2/h4-8,14-16H,3,9-13H2,1-2H3. The second kappa shape index (κ2) is 6.52. The number of nitrogens with zero attached hydrogens (tertiary/aromatic N) is 2. The van der Waals surface area contributed by atoms with Gasteiger partial charge in [0.2, 0.25) is 0 Å². The van der Waals surface area contributed by atoms with Crippen molar-refractivity contribution < 1.29 is 4.74 Å². The van der Waals surface area contributed by atoms with Crippen LogP contribution in [-0.2, 0) is 0 Å². The molecule has 114 valence electrons. The van der Waals surface area contributed by atoms with Gasteiger partial charge in [0.1, 0.15) is 5.75 Å². The molecule has 1 unspecified atom stereocenters. The Kier molecular flexibility index (Phi) is 4.49. The van der Waals surface area contributed by atoms with Crippen LogP contribution < -0.4 is 9.64 Å². The van der Waals surface area contributed by atoms with Crippen molar-refractivity contribution in [3.63, 3.8) is 0 Å². The van der Waals surface area contributed by atoms with Gasteiger partial charge in [0.25, 0.3) is 0 Å². The number of anilines is 1. The molecule has 0 aliphatic carbocycles. The summed E-state index contributed by atoms with van der Waals surface area (Å²) in [5, 5.41) is 0. The lowest BCUT2D eigenvalue weighted by Crippen LogP contribution is -2.47. The molecule has 3 rings (SSSR count). The van der Waals surface area contributed by atoms with Crippen LogP contribution in [-0.4, -0.2) is 43.7 Å². The molecule has 0 amide bonds. The first-order valence-corrected chi connectivity index (χ1v) is 8.13. The van der Waals surface area contributed by atoms with E-state index in [-0.39, 0.29) is 0 Å². The fourth-order valence-electron chi connectivity index (χ4n) is 3.64. The van der Waals surface area contributed by atoms with Crippen LogP contribution in [0.15, 0.2) is 36.4 Å². The van der Waals surface area contributed by atoms with Gasteiger partial charge in [-0.25, -0.2) is 0 Å². The van der Waals surface area contributed by atoms with Gasteiger partial charge in [0.15, 0.2) is 0 Å². The highest BCUT2D eigenvalue weighted by Crippen LogP contribution is 2.28. The van der Waals surface area contributed by atoms with Crippen molar-refractivity contribution in [1.82, 2.24) is 4.90 Å². The first-order chi connectivity index (χ1) is 10.3. The molecule has 0 bridgehead atoms. The van der Waals surface area contributed by atoms with Crippen molar-refractivity contribution in [2.45, 2.75) is 38.3 Å². The largest absolute Gasteiger partial charge is 0.497 e. The molecule has 0 N–H and O–H groups in total. The third kappa shape index (κ3) is 3.08. The van der Waals surface area contributed by atoms with Gasteiger partial charge >= 0.3 is 0 Å². The summed E-state index contributed by atoms with van der Waals surface area (Å²) < 4.78 is 5.33. The Labute approximate surface area is 128 Å². The van der Waals surface area contributed by atoms with E-state index in [4.69, 9.17) is 4.74 Å². The molecule has 3 nitrogen and oxygen atoms in total. The normalized spacial score (nSPS) is 23.7. The Bertz CT molecular complexity index is 492. The molecule has 1 saturated heterocycles. The maximum Gasteiger partial charge on any atom is 0.120 e. The first-order valence-electron chi connectivity index (χ1n) is 8.13. The van der Waals surface area contributed by atoms with Crippen molar-refractivity contribution in [2.24, 2.45) is 0 Å². The maximum absolute atomic E-state index is 5.33. The highest BCUT2D eigenvalue weighted by atomic mass is 16.5. The first kappa shape index (κ1) is 14.5. The summed E-state index contributed by atoms with van der Waals surface area (Å²) in [7, 11) is 1.73. The zero-order valence-electron chi connectivity index (χ0n) is 13.2. The molecular weight excluding hydrogens is 260 g/mol. The van der Waals surface area contributed by atoms with E-state index in [1.54, 1.807) is 7.11 Å². The Hall–Kier alpha value is -1.48. The summed E-state index contributed by atoms with van der Waals surface area (Å²) in [6, 6.07) is 9.84. The third-order valence-electron chi connectivity index (χ3n) is 4.87. The molecule has 1 fully saturated rings. The highest BCUT2D eigenvalue weighted by molar-refractivity contribution is 5.51. The van der Waals surface area contributed by atoms with Gasteiger partial charge < -0.3 is 9.64 Å². The average Bonchev–Trinajstić information content (AvgIpc) is 3.03. The second-order valence-electron chi connectivity index (χ2n) is 6.02. The lowest BCUT2D eigenvalue weighted by atomic mass is 10.0. The summed E-state index contributed by atoms with van der Waals surface area (Å²) in [6.45, 7) is 5.72. The minimum atomic E-state index is 0.665. The number of methoxy groups -OCH3 is 1. The van der Waals surface area contributed by atoms with Crippen molar-refractivity contribution in [3.8, 4) is 5.75 Å². The Morgan fingerprint density at radius 3 is 2.76 bits per heavy atom. The zero-order valence-corrected chi connectivity index (χ0v) is 13.2. The van der Waals surface area contributed by atoms with E-state index in [0.29, 0.717) is 6.04 Å². The van der Waals surface area contributed by atoms with Crippen LogP contribution >= 0.6 is 0 Å². The minimum Gasteiger partial charge on any atom is -0.497 e. The molecule has 0 aromatic heterocycles. The molecule has 21 heavy (non-hydrogen) atoms. The number of rotatable bonds is 4. The monoisotopic (exact) mass is 286 g/mol. The van der Waals surface area contributed by atoms with E-state index in [1.807, 2.05) is 6.07 Å². The molecule has 0 saturated carbocycles. The molecule has 3 heteroatoms. The quantitative estimate of drug-likeness (QED) is 0.790. The van der Waals surface area contributed by atoms with Crippen LogP contribution in [0.1, 0.15) is 26.2 Å². The topological polar surface area (TPSA) is 15.7 Å². The van der Waals surface area contributed by atoms with E-state index in [9.17, 15) is 0 Å². The van der Waals surface area contributed by atoms with Gasteiger partial charge in [-0.2, -0.15) is 0 Å². The van der Waals surface area contributed by atoms with Gasteiger partial charge in [0.05, 0.1) is 7.11 Å². The molecule has 0 radical (unpaired) electrons. The van der Waals surface area contributed by atoms with Crippen molar-refractivity contribution >= 4 is 5.69 Å². The van der Waals surface area contributed by atoms with Crippen LogP contribution in [0.5, 0.6) is 5.75 Å². The molecular formula is C18H26N2O. The fraction of sp³-hybridized carbons (Fsp3) is 0.556. The fourth-order valence-corrected chi connectivity index (χ4v) is 3.64. The van der Waals surface area contributed by atoms with Crippen LogP contribution in [0.2, 0.25) is 0 Å². The van der Waals surface area contributed by atoms with Gasteiger partial charge in [-0.05, 0) is 31.4 Å². The Morgan fingerprint density at radius 1 is 1.24 bits per heavy atom. The third-order valence-corrected chi connectivity index (χ3v) is 4.87. The van der Waals surface area contributed by atoms with E-state index in [2.05, 4.69) is 47.1 Å². The van der Waals surface area contributed by atoms with Gasteiger partial charge in [-0.1, -0.05) is 25.1 Å². The van der Waals surface area contributed by atoms with E-state index >= 15 is 0 Å². The number of ether oxygens (including phenoxy) is 1. The van der Waals surface area contributed by atoms with Crippen molar-refractivity contribution in [1.29, 1.82) is 0 Å². The summed E-state index contributed by atoms with van der Waals surface area (Å²) in [4.78, 5) is 5.17. The van der Waals surface area contributed by atoms with Crippen LogP contribution in [0.25, 0.3) is 0 Å². The van der Waals surface area contributed by atoms with E-state index < -0.39 is 0 Å². The lowest BCUT2D eigenvalue weighted by molar-refractivity contribution is 0.163. The smallest absolute Gasteiger partial charge is 0.120 e. The molecule has 2 heterocycles. The number of hydrogen-bond donors (Lipinski definition) is 0. The average molecular weight is 286 g/mol. The maximum atomic E-state index is 5.33. The highest BCUT2D eigenvalue weighted by Gasteiger charge is 2.29. The van der Waals surface area contributed by atoms with Gasteiger partial charge in [-0.3, -0.25) is 4.90 Å².